The molecule has 1 amide bonds. The first-order valence-electron chi connectivity index (χ1n) is 11.2. The summed E-state index contributed by atoms with van der Waals surface area (Å²) < 4.78 is 28.1. The van der Waals surface area contributed by atoms with E-state index in [-0.39, 0.29) is 43.6 Å². The van der Waals surface area contributed by atoms with Crippen molar-refractivity contribution in [1.82, 2.24) is 24.5 Å². The van der Waals surface area contributed by atoms with E-state index >= 15 is 0 Å². The molecule has 2 atom stereocenters. The highest BCUT2D eigenvalue weighted by Gasteiger charge is 2.38. The first-order chi connectivity index (χ1) is 16.3. The summed E-state index contributed by atoms with van der Waals surface area (Å²) in [5, 5.41) is 14.8. The summed E-state index contributed by atoms with van der Waals surface area (Å²) in [6.07, 6.45) is 1.06. The smallest absolute Gasteiger partial charge is 0.283 e. The van der Waals surface area contributed by atoms with Crippen molar-refractivity contribution in [3.8, 4) is 0 Å². The Morgan fingerprint density at radius 3 is 2.94 bits per heavy atom. The average Bonchev–Trinajstić information content (AvgIpc) is 3.42. The van der Waals surface area contributed by atoms with Crippen LogP contribution in [-0.4, -0.2) is 76.9 Å². The van der Waals surface area contributed by atoms with Crippen LogP contribution in [0.4, 0.5) is 0 Å². The van der Waals surface area contributed by atoms with Gasteiger partial charge in [0.15, 0.2) is 5.01 Å². The minimum atomic E-state index is -3.82. The second-order valence-electron chi connectivity index (χ2n) is 8.77. The van der Waals surface area contributed by atoms with Gasteiger partial charge in [-0.25, -0.2) is 13.4 Å². The number of aliphatic hydroxyl groups excluding tert-OH is 1. The van der Waals surface area contributed by atoms with Gasteiger partial charge in [0, 0.05) is 72.1 Å². The Labute approximate surface area is 206 Å². The Morgan fingerprint density at radius 1 is 1.32 bits per heavy atom. The predicted octanol–water partition coefficient (Wildman–Crippen LogP) is 2.21. The molecule has 3 N–H and O–H groups in total. The minimum absolute atomic E-state index is 0.0847. The number of amides is 1. The Hall–Kier alpha value is -2.02. The van der Waals surface area contributed by atoms with Gasteiger partial charge in [-0.05, 0) is 37.6 Å². The van der Waals surface area contributed by atoms with Gasteiger partial charge in [-0.15, -0.1) is 11.3 Å². The number of sulfonamides is 1. The van der Waals surface area contributed by atoms with Crippen molar-refractivity contribution < 1.29 is 18.3 Å². The van der Waals surface area contributed by atoms with Gasteiger partial charge in [0.05, 0.1) is 5.69 Å². The minimum Gasteiger partial charge on any atom is -0.396 e. The summed E-state index contributed by atoms with van der Waals surface area (Å²) in [4.78, 5) is 23.6. The van der Waals surface area contributed by atoms with E-state index in [2.05, 4.69) is 22.2 Å². The van der Waals surface area contributed by atoms with Crippen molar-refractivity contribution in [2.45, 2.75) is 43.4 Å². The summed E-state index contributed by atoms with van der Waals surface area (Å²) in [6, 6.07) is 6.59. The Balaban J connectivity index is 1.37. The Kier molecular flexibility index (Phi) is 6.42. The number of H-pyrrole nitrogens is 1. The van der Waals surface area contributed by atoms with Crippen LogP contribution in [0.15, 0.2) is 29.3 Å². The third kappa shape index (κ3) is 4.36. The van der Waals surface area contributed by atoms with Gasteiger partial charge in [-0.1, -0.05) is 11.6 Å². The molecule has 12 heteroatoms. The molecule has 2 aliphatic rings. The average molecular weight is 524 g/mol. The summed E-state index contributed by atoms with van der Waals surface area (Å²) in [6.45, 7) is 3.13. The normalized spacial score (nSPS) is 21.7. The number of aromatic nitrogens is 2. The van der Waals surface area contributed by atoms with Crippen molar-refractivity contribution in [3.63, 3.8) is 0 Å². The highest BCUT2D eigenvalue weighted by Crippen LogP contribution is 2.29. The molecule has 0 spiro atoms. The molecule has 0 radical (unpaired) electrons. The van der Waals surface area contributed by atoms with Crippen LogP contribution in [0.3, 0.4) is 0 Å². The second kappa shape index (κ2) is 9.21. The molecule has 4 heterocycles. The van der Waals surface area contributed by atoms with Gasteiger partial charge in [0.25, 0.3) is 15.9 Å². The molecule has 0 aliphatic carbocycles. The van der Waals surface area contributed by atoms with E-state index in [1.54, 1.807) is 29.2 Å². The maximum atomic E-state index is 13.4. The van der Waals surface area contributed by atoms with Crippen LogP contribution in [0.5, 0.6) is 0 Å². The molecule has 3 aromatic rings. The number of nitrogens with one attached hydrogen (secondary N) is 2. The zero-order valence-corrected chi connectivity index (χ0v) is 21.0. The summed E-state index contributed by atoms with van der Waals surface area (Å²) in [5.41, 5.74) is 1.64. The molecule has 1 fully saturated rings. The SMILES string of the molecule is CC1Cc2nc(C(=O)N3CCN(S(=O)(=O)c4cc5cc(Cl)ccc5[nH]4)CC3CCO)sc2CN1. The van der Waals surface area contributed by atoms with E-state index in [0.717, 1.165) is 17.0 Å². The molecule has 182 valence electrons. The summed E-state index contributed by atoms with van der Waals surface area (Å²) >= 11 is 7.43. The zero-order valence-electron chi connectivity index (χ0n) is 18.6. The molecular weight excluding hydrogens is 498 g/mol. The molecule has 1 saturated heterocycles. The fraction of sp³-hybridized carbons (Fsp3) is 0.455. The van der Waals surface area contributed by atoms with Crippen molar-refractivity contribution in [2.75, 3.05) is 26.2 Å². The third-order valence-corrected chi connectivity index (χ3v) is 9.52. The van der Waals surface area contributed by atoms with Gasteiger partial charge in [-0.2, -0.15) is 4.31 Å². The van der Waals surface area contributed by atoms with Gasteiger partial charge in [-0.3, -0.25) is 4.79 Å². The van der Waals surface area contributed by atoms with Gasteiger partial charge in [0.1, 0.15) is 5.03 Å². The Bertz CT molecular complexity index is 1340. The van der Waals surface area contributed by atoms with Crippen molar-refractivity contribution >= 4 is 49.8 Å². The van der Waals surface area contributed by atoms with Gasteiger partial charge in [0.2, 0.25) is 0 Å². The van der Waals surface area contributed by atoms with Crippen LogP contribution in [-0.2, 0) is 23.0 Å². The lowest BCUT2D eigenvalue weighted by Gasteiger charge is -2.40. The number of thiazole rings is 1. The lowest BCUT2D eigenvalue weighted by molar-refractivity contribution is 0.0519. The molecular formula is C22H26ClN5O4S2. The second-order valence-corrected chi connectivity index (χ2v) is 12.2. The molecule has 2 aromatic heterocycles. The van der Waals surface area contributed by atoms with E-state index in [1.807, 2.05) is 0 Å². The number of nitrogens with zero attached hydrogens (tertiary/aromatic N) is 3. The van der Waals surface area contributed by atoms with Crippen LogP contribution in [0.1, 0.15) is 33.7 Å². The van der Waals surface area contributed by atoms with Crippen LogP contribution in [0.25, 0.3) is 10.9 Å². The number of fused-ring (bicyclic) bond motifs is 2. The number of aromatic amines is 1. The summed E-state index contributed by atoms with van der Waals surface area (Å²) in [7, 11) is -3.82. The standard InChI is InChI=1S/C22H26ClN5O4S2/c1-13-8-18-19(11-24-13)33-21(26-18)22(30)28-6-5-27(12-16(28)4-7-29)34(31,32)20-10-14-9-15(23)2-3-17(14)25-20/h2-3,9-10,13,16,24-25,29H,4-8,11-12H2,1H3. The fourth-order valence-electron chi connectivity index (χ4n) is 4.59. The highest BCUT2D eigenvalue weighted by molar-refractivity contribution is 7.89. The molecule has 2 aliphatic heterocycles. The van der Waals surface area contributed by atoms with Crippen molar-refractivity contribution in [3.05, 3.63) is 44.9 Å². The molecule has 9 nitrogen and oxygen atoms in total. The highest BCUT2D eigenvalue weighted by atomic mass is 35.5. The van der Waals surface area contributed by atoms with Crippen LogP contribution < -0.4 is 5.32 Å². The van der Waals surface area contributed by atoms with Crippen molar-refractivity contribution in [1.29, 1.82) is 0 Å². The number of rotatable bonds is 5. The number of piperazine rings is 1. The predicted molar refractivity (Wildman–Crippen MR) is 131 cm³/mol. The number of halogens is 1. The fourth-order valence-corrected chi connectivity index (χ4v) is 7.25. The first-order valence-corrected chi connectivity index (χ1v) is 13.8. The summed E-state index contributed by atoms with van der Waals surface area (Å²) in [5.74, 6) is -0.206. The number of carbonyl (C=O) groups is 1. The zero-order chi connectivity index (χ0) is 24.0. The van der Waals surface area contributed by atoms with E-state index in [1.165, 1.54) is 15.6 Å². The van der Waals surface area contributed by atoms with Crippen molar-refractivity contribution in [2.24, 2.45) is 0 Å². The van der Waals surface area contributed by atoms with E-state index in [9.17, 15) is 18.3 Å². The largest absolute Gasteiger partial charge is 0.396 e. The van der Waals surface area contributed by atoms with Crippen LogP contribution in [0, 0.1) is 0 Å². The molecule has 2 unspecified atom stereocenters. The molecule has 34 heavy (non-hydrogen) atoms. The number of hydrogen-bond donors (Lipinski definition) is 3. The molecule has 1 aromatic carbocycles. The Morgan fingerprint density at radius 2 is 2.15 bits per heavy atom. The number of benzene rings is 1. The number of carbonyl (C=O) groups excluding carboxylic acids is 1. The lowest BCUT2D eigenvalue weighted by Crippen LogP contribution is -2.56. The molecule has 0 bridgehead atoms. The van der Waals surface area contributed by atoms with E-state index in [4.69, 9.17) is 11.6 Å². The number of hydrogen-bond acceptors (Lipinski definition) is 7. The van der Waals surface area contributed by atoms with Gasteiger partial charge >= 0.3 is 0 Å². The first kappa shape index (κ1) is 23.7. The van der Waals surface area contributed by atoms with Crippen LogP contribution >= 0.6 is 22.9 Å². The molecule has 5 rings (SSSR count). The van der Waals surface area contributed by atoms with E-state index < -0.39 is 16.1 Å². The number of aliphatic hydroxyl groups is 1. The lowest BCUT2D eigenvalue weighted by atomic mass is 10.1. The maximum absolute atomic E-state index is 13.4. The maximum Gasteiger partial charge on any atom is 0.283 e. The quantitative estimate of drug-likeness (QED) is 0.472. The van der Waals surface area contributed by atoms with Gasteiger partial charge < -0.3 is 20.3 Å². The van der Waals surface area contributed by atoms with Crippen LogP contribution in [0.2, 0.25) is 5.02 Å². The monoisotopic (exact) mass is 523 g/mol. The third-order valence-electron chi connectivity index (χ3n) is 6.42. The topological polar surface area (TPSA) is 119 Å². The molecule has 0 saturated carbocycles. The van der Waals surface area contributed by atoms with E-state index in [0.29, 0.717) is 33.5 Å².